The van der Waals surface area contributed by atoms with Crippen LogP contribution in [0, 0.1) is 10.5 Å². The van der Waals surface area contributed by atoms with Gasteiger partial charge in [-0.05, 0) is 85.9 Å². The van der Waals surface area contributed by atoms with E-state index in [-0.39, 0.29) is 29.3 Å². The second-order valence-electron chi connectivity index (χ2n) is 6.70. The topological polar surface area (TPSA) is 62.9 Å². The van der Waals surface area contributed by atoms with Crippen molar-refractivity contribution in [2.45, 2.75) is 26.8 Å². The van der Waals surface area contributed by atoms with Gasteiger partial charge < -0.3 is 19.2 Å². The number of phenolic OH excluding ortho intramolecular Hbond substituents is 1. The van der Waals surface area contributed by atoms with Gasteiger partial charge in [-0.1, -0.05) is 6.92 Å². The van der Waals surface area contributed by atoms with Crippen molar-refractivity contribution in [2.75, 3.05) is 14.1 Å². The van der Waals surface area contributed by atoms with Crippen molar-refractivity contribution in [2.24, 2.45) is 0 Å². The number of ether oxygens (including phenoxy) is 1. The molecule has 1 heterocycles. The van der Waals surface area contributed by atoms with Crippen molar-refractivity contribution in [3.05, 3.63) is 61.0 Å². The minimum Gasteiger partial charge on any atom is -0.507 e. The van der Waals surface area contributed by atoms with E-state index in [2.05, 4.69) is 22.6 Å². The summed E-state index contributed by atoms with van der Waals surface area (Å²) in [5, 5.41) is 11.1. The lowest BCUT2D eigenvalue weighted by atomic mass is 10.0. The zero-order valence-corrected chi connectivity index (χ0v) is 19.2. The molecule has 0 radical (unpaired) electrons. The van der Waals surface area contributed by atoms with E-state index in [1.165, 1.54) is 0 Å². The fourth-order valence-electron chi connectivity index (χ4n) is 3.01. The highest BCUT2D eigenvalue weighted by atomic mass is 127. The minimum atomic E-state index is -0.234. The lowest BCUT2D eigenvalue weighted by molar-refractivity contribution is 0.380. The average Bonchev–Trinajstić information content (AvgIpc) is 2.62. The first kappa shape index (κ1) is 22.5. The van der Waals surface area contributed by atoms with Crippen LogP contribution in [-0.4, -0.2) is 24.1 Å². The molecule has 0 aliphatic heterocycles. The van der Waals surface area contributed by atoms with Crippen LogP contribution in [0.2, 0.25) is 0 Å². The third-order valence-corrected chi connectivity index (χ3v) is 5.06. The SMILES string of the molecule is CCc1cc2c(=O)c(Oc3ccc(I)cc3)c(C)oc2c(CN(C)C)c1O.Cl. The van der Waals surface area contributed by atoms with E-state index in [9.17, 15) is 9.90 Å². The molecule has 7 heteroatoms. The number of phenols is 1. The van der Waals surface area contributed by atoms with Gasteiger partial charge in [0.2, 0.25) is 11.2 Å². The highest BCUT2D eigenvalue weighted by molar-refractivity contribution is 14.1. The standard InChI is InChI=1S/C21H22INO4.ClH/c1-5-13-10-16-19(25)20(27-15-8-6-14(22)7-9-15)12(2)26-21(16)17(18(13)24)11-23(3)4;/h6-10,24H,5,11H2,1-4H3;1H. The van der Waals surface area contributed by atoms with E-state index in [1.807, 2.05) is 50.2 Å². The summed E-state index contributed by atoms with van der Waals surface area (Å²) in [7, 11) is 3.81. The Morgan fingerprint density at radius 2 is 1.86 bits per heavy atom. The predicted octanol–water partition coefficient (Wildman–Crippen LogP) is 5.25. The maximum atomic E-state index is 13.2. The van der Waals surface area contributed by atoms with Crippen molar-refractivity contribution in [3.63, 3.8) is 0 Å². The smallest absolute Gasteiger partial charge is 0.235 e. The summed E-state index contributed by atoms with van der Waals surface area (Å²) in [6.45, 7) is 4.11. The van der Waals surface area contributed by atoms with Crippen LogP contribution in [0.4, 0.5) is 0 Å². The Kier molecular flexibility index (Phi) is 7.36. The molecule has 28 heavy (non-hydrogen) atoms. The van der Waals surface area contributed by atoms with Crippen LogP contribution in [0.3, 0.4) is 0 Å². The van der Waals surface area contributed by atoms with E-state index < -0.39 is 0 Å². The van der Waals surface area contributed by atoms with Crippen LogP contribution in [-0.2, 0) is 13.0 Å². The van der Waals surface area contributed by atoms with Crippen LogP contribution in [0.15, 0.2) is 39.5 Å². The van der Waals surface area contributed by atoms with Crippen LogP contribution in [0.25, 0.3) is 11.0 Å². The fourth-order valence-corrected chi connectivity index (χ4v) is 3.37. The van der Waals surface area contributed by atoms with Gasteiger partial charge in [-0.15, -0.1) is 12.4 Å². The molecule has 0 fully saturated rings. The van der Waals surface area contributed by atoms with Gasteiger partial charge in [0.15, 0.2) is 0 Å². The Labute approximate surface area is 183 Å². The molecular weight excluding hydrogens is 493 g/mol. The first-order valence-electron chi connectivity index (χ1n) is 8.71. The Bertz CT molecular complexity index is 1050. The number of aromatic hydroxyl groups is 1. The number of aryl methyl sites for hydroxylation is 2. The second kappa shape index (κ2) is 9.15. The van der Waals surface area contributed by atoms with E-state index in [4.69, 9.17) is 9.15 Å². The molecule has 2 aromatic carbocycles. The number of nitrogens with zero attached hydrogens (tertiary/aromatic N) is 1. The molecule has 3 aromatic rings. The number of benzene rings is 2. The molecule has 0 aliphatic carbocycles. The second-order valence-corrected chi connectivity index (χ2v) is 7.95. The fraction of sp³-hybridized carbons (Fsp3) is 0.286. The molecule has 5 nitrogen and oxygen atoms in total. The number of fused-ring (bicyclic) bond motifs is 1. The average molecular weight is 516 g/mol. The molecule has 0 unspecified atom stereocenters. The lowest BCUT2D eigenvalue weighted by Gasteiger charge is -2.17. The molecule has 1 aromatic heterocycles. The zero-order valence-electron chi connectivity index (χ0n) is 16.2. The van der Waals surface area contributed by atoms with Gasteiger partial charge in [-0.3, -0.25) is 4.79 Å². The molecule has 0 saturated heterocycles. The maximum absolute atomic E-state index is 13.2. The van der Waals surface area contributed by atoms with Gasteiger partial charge in [0.25, 0.3) is 0 Å². The maximum Gasteiger partial charge on any atom is 0.235 e. The summed E-state index contributed by atoms with van der Waals surface area (Å²) >= 11 is 2.21. The van der Waals surface area contributed by atoms with Crippen LogP contribution in [0.5, 0.6) is 17.2 Å². The third kappa shape index (κ3) is 4.45. The molecule has 0 amide bonds. The quantitative estimate of drug-likeness (QED) is 0.470. The molecule has 0 saturated carbocycles. The molecule has 0 atom stereocenters. The van der Waals surface area contributed by atoms with Gasteiger partial charge in [-0.25, -0.2) is 0 Å². The molecule has 150 valence electrons. The summed E-state index contributed by atoms with van der Waals surface area (Å²) < 4.78 is 12.9. The molecule has 0 spiro atoms. The van der Waals surface area contributed by atoms with Crippen molar-refractivity contribution in [1.29, 1.82) is 0 Å². The van der Waals surface area contributed by atoms with Gasteiger partial charge in [0.05, 0.1) is 10.9 Å². The van der Waals surface area contributed by atoms with Crippen molar-refractivity contribution >= 4 is 46.0 Å². The predicted molar refractivity (Wildman–Crippen MR) is 122 cm³/mol. The molecule has 1 N–H and O–H groups in total. The van der Waals surface area contributed by atoms with Gasteiger partial charge in [0, 0.05) is 10.1 Å². The largest absolute Gasteiger partial charge is 0.507 e. The van der Waals surface area contributed by atoms with Gasteiger partial charge in [0.1, 0.15) is 22.8 Å². The van der Waals surface area contributed by atoms with E-state index >= 15 is 0 Å². The minimum absolute atomic E-state index is 0. The molecule has 0 bridgehead atoms. The van der Waals surface area contributed by atoms with Crippen LogP contribution >= 0.6 is 35.0 Å². The number of rotatable bonds is 5. The Morgan fingerprint density at radius 3 is 2.43 bits per heavy atom. The lowest BCUT2D eigenvalue weighted by Crippen LogP contribution is -2.14. The highest BCUT2D eigenvalue weighted by Gasteiger charge is 2.21. The number of hydrogen-bond acceptors (Lipinski definition) is 5. The normalized spacial score (nSPS) is 10.9. The van der Waals surface area contributed by atoms with Crippen LogP contribution in [0.1, 0.15) is 23.8 Å². The Hall–Kier alpha value is -1.77. The first-order valence-corrected chi connectivity index (χ1v) is 9.79. The van der Waals surface area contributed by atoms with E-state index in [1.54, 1.807) is 13.0 Å². The number of halogens is 2. The summed E-state index contributed by atoms with van der Waals surface area (Å²) in [5.74, 6) is 1.32. The summed E-state index contributed by atoms with van der Waals surface area (Å²) in [5.41, 5.74) is 1.52. The number of hydrogen-bond donors (Lipinski definition) is 1. The molecule has 3 rings (SSSR count). The van der Waals surface area contributed by atoms with Gasteiger partial charge >= 0.3 is 0 Å². The monoisotopic (exact) mass is 515 g/mol. The summed E-state index contributed by atoms with van der Waals surface area (Å²) in [6.07, 6.45) is 0.614. The van der Waals surface area contributed by atoms with E-state index in [0.717, 1.165) is 9.13 Å². The van der Waals surface area contributed by atoms with E-state index in [0.29, 0.717) is 41.0 Å². The van der Waals surface area contributed by atoms with Crippen molar-refractivity contribution < 1.29 is 14.3 Å². The zero-order chi connectivity index (χ0) is 19.7. The summed E-state index contributed by atoms with van der Waals surface area (Å²) in [4.78, 5) is 15.1. The summed E-state index contributed by atoms with van der Waals surface area (Å²) in [6, 6.07) is 9.16. The van der Waals surface area contributed by atoms with Crippen molar-refractivity contribution in [3.8, 4) is 17.2 Å². The first-order chi connectivity index (χ1) is 12.8. The third-order valence-electron chi connectivity index (χ3n) is 4.34. The Morgan fingerprint density at radius 1 is 1.21 bits per heavy atom. The molecular formula is C21H23ClINO4. The van der Waals surface area contributed by atoms with Crippen LogP contribution < -0.4 is 10.2 Å². The van der Waals surface area contributed by atoms with Gasteiger partial charge in [-0.2, -0.15) is 0 Å². The van der Waals surface area contributed by atoms with Crippen molar-refractivity contribution in [1.82, 2.24) is 4.90 Å². The Balaban J connectivity index is 0.00000280. The molecule has 0 aliphatic rings. The highest BCUT2D eigenvalue weighted by Crippen LogP contribution is 2.34.